The van der Waals surface area contributed by atoms with Crippen LogP contribution in [0.5, 0.6) is 0 Å². The van der Waals surface area contributed by atoms with Crippen molar-refractivity contribution in [1.82, 2.24) is 4.31 Å². The number of sulfonamides is 1. The first kappa shape index (κ1) is 19.0. The summed E-state index contributed by atoms with van der Waals surface area (Å²) in [7, 11) is -1.76. The van der Waals surface area contributed by atoms with Gasteiger partial charge < -0.3 is 9.47 Å². The van der Waals surface area contributed by atoms with E-state index in [1.807, 2.05) is 0 Å². The van der Waals surface area contributed by atoms with Gasteiger partial charge in [0.2, 0.25) is 10.0 Å². The average Bonchev–Trinajstić information content (AvgIpc) is 2.94. The highest BCUT2D eigenvalue weighted by atomic mass is 32.2. The largest absolute Gasteiger partial charge is 0.460 e. The highest BCUT2D eigenvalue weighted by molar-refractivity contribution is 8.01. The molecule has 1 aliphatic rings. The first-order chi connectivity index (χ1) is 10.3. The smallest absolute Gasteiger partial charge is 0.337 e. The lowest BCUT2D eigenvalue weighted by molar-refractivity contribution is -0.139. The number of nitrogens with zero attached hydrogens (tertiary/aromatic N) is 1. The van der Waals surface area contributed by atoms with Crippen molar-refractivity contribution in [2.75, 3.05) is 38.9 Å². The normalized spacial score (nSPS) is 19.5. The minimum absolute atomic E-state index is 0.156. The van der Waals surface area contributed by atoms with E-state index in [0.29, 0.717) is 24.5 Å². The van der Waals surface area contributed by atoms with Gasteiger partial charge in [-0.3, -0.25) is 0 Å². The van der Waals surface area contributed by atoms with Gasteiger partial charge in [0, 0.05) is 19.4 Å². The Morgan fingerprint density at radius 1 is 1.36 bits per heavy atom. The van der Waals surface area contributed by atoms with Crippen LogP contribution >= 0.6 is 11.8 Å². The second-order valence-electron chi connectivity index (χ2n) is 4.66. The second-order valence-corrected chi connectivity index (χ2v) is 7.78. The van der Waals surface area contributed by atoms with Crippen molar-refractivity contribution in [1.29, 1.82) is 0 Å². The fourth-order valence-electron chi connectivity index (χ4n) is 1.75. The fraction of sp³-hybridized carbons (Fsp3) is 0.500. The Morgan fingerprint density at radius 2 is 2.05 bits per heavy atom. The van der Waals surface area contributed by atoms with Gasteiger partial charge in [-0.1, -0.05) is 19.2 Å². The predicted molar refractivity (Wildman–Crippen MR) is 88.1 cm³/mol. The van der Waals surface area contributed by atoms with Gasteiger partial charge >= 0.3 is 5.97 Å². The topological polar surface area (TPSA) is 72.9 Å². The van der Waals surface area contributed by atoms with Crippen LogP contribution in [0.1, 0.15) is 0 Å². The molecular formula is C14H21NO5S2. The van der Waals surface area contributed by atoms with Gasteiger partial charge in [0.1, 0.15) is 6.61 Å². The first-order valence-corrected chi connectivity index (χ1v) is 9.47. The molecular weight excluding hydrogens is 326 g/mol. The number of hydrogen-bond acceptors (Lipinski definition) is 6. The lowest BCUT2D eigenvalue weighted by Gasteiger charge is -2.21. The highest BCUT2D eigenvalue weighted by Gasteiger charge is 2.33. The van der Waals surface area contributed by atoms with E-state index >= 15 is 0 Å². The zero-order valence-corrected chi connectivity index (χ0v) is 14.4. The SMILES string of the molecule is C=C(/C=C\C(=C)C1SCCN1S(C)(=O)=O)C(=O)OCCOC. The molecule has 0 aliphatic carbocycles. The molecule has 22 heavy (non-hydrogen) atoms. The van der Waals surface area contributed by atoms with Crippen LogP contribution in [0.15, 0.2) is 36.5 Å². The predicted octanol–water partition coefficient (Wildman–Crippen LogP) is 1.18. The molecule has 0 N–H and O–H groups in total. The quantitative estimate of drug-likeness (QED) is 0.284. The number of carbonyl (C=O) groups is 1. The summed E-state index contributed by atoms with van der Waals surface area (Å²) >= 11 is 1.50. The maximum Gasteiger partial charge on any atom is 0.337 e. The number of rotatable bonds is 8. The van der Waals surface area contributed by atoms with Crippen LogP contribution in [-0.4, -0.2) is 62.9 Å². The number of thioether (sulfide) groups is 1. The Kier molecular flexibility index (Phi) is 7.34. The Morgan fingerprint density at radius 3 is 2.64 bits per heavy atom. The molecule has 1 saturated heterocycles. The Hall–Kier alpha value is -1.09. The zero-order chi connectivity index (χ0) is 16.8. The second kappa shape index (κ2) is 8.52. The highest BCUT2D eigenvalue weighted by Crippen LogP contribution is 2.31. The molecule has 1 atom stereocenters. The monoisotopic (exact) mass is 347 g/mol. The lowest BCUT2D eigenvalue weighted by atomic mass is 10.2. The molecule has 6 nitrogen and oxygen atoms in total. The van der Waals surface area contributed by atoms with Crippen LogP contribution in [0.2, 0.25) is 0 Å². The standard InChI is InChI=1S/C14H21NO5S2/c1-11(13-15(7-10-21-13)22(4,17)18)5-6-12(2)14(16)20-9-8-19-3/h5-6,13H,1-2,7-10H2,3-4H3/b6-5-. The molecule has 0 aromatic rings. The molecule has 0 saturated carbocycles. The summed E-state index contributed by atoms with van der Waals surface area (Å²) in [5.74, 6) is 0.171. The van der Waals surface area contributed by atoms with Crippen LogP contribution in [0.3, 0.4) is 0 Å². The fourth-order valence-corrected chi connectivity index (χ4v) is 4.52. The van der Waals surface area contributed by atoms with Crippen LogP contribution in [0, 0.1) is 0 Å². The van der Waals surface area contributed by atoms with Crippen LogP contribution in [0.4, 0.5) is 0 Å². The minimum atomic E-state index is -3.28. The van der Waals surface area contributed by atoms with Crippen molar-refractivity contribution < 1.29 is 22.7 Å². The third-order valence-electron chi connectivity index (χ3n) is 2.87. The van der Waals surface area contributed by atoms with Gasteiger partial charge in [0.05, 0.1) is 23.8 Å². The van der Waals surface area contributed by atoms with E-state index in [1.165, 1.54) is 35.5 Å². The molecule has 0 aromatic heterocycles. The van der Waals surface area contributed by atoms with Gasteiger partial charge in [-0.25, -0.2) is 13.2 Å². The Labute approximate surface area is 135 Å². The summed E-state index contributed by atoms with van der Waals surface area (Å²) in [6, 6.07) is 0. The van der Waals surface area contributed by atoms with Crippen molar-refractivity contribution in [3.05, 3.63) is 36.5 Å². The molecule has 0 radical (unpaired) electrons. The Balaban J connectivity index is 2.60. The first-order valence-electron chi connectivity index (χ1n) is 6.57. The molecule has 8 heteroatoms. The number of ether oxygens (including phenoxy) is 2. The minimum Gasteiger partial charge on any atom is -0.460 e. The van der Waals surface area contributed by atoms with Crippen LogP contribution in [-0.2, 0) is 24.3 Å². The van der Waals surface area contributed by atoms with Crippen molar-refractivity contribution in [2.45, 2.75) is 5.37 Å². The number of hydrogen-bond donors (Lipinski definition) is 0. The van der Waals surface area contributed by atoms with Crippen molar-refractivity contribution in [2.24, 2.45) is 0 Å². The third-order valence-corrected chi connectivity index (χ3v) is 5.54. The van der Waals surface area contributed by atoms with E-state index in [1.54, 1.807) is 6.08 Å². The maximum absolute atomic E-state index is 11.7. The number of carbonyl (C=O) groups excluding carboxylic acids is 1. The third kappa shape index (κ3) is 5.60. The number of methoxy groups -OCH3 is 1. The maximum atomic E-state index is 11.7. The van der Waals surface area contributed by atoms with E-state index in [4.69, 9.17) is 9.47 Å². The molecule has 0 bridgehead atoms. The molecule has 0 amide bonds. The molecule has 1 aliphatic heterocycles. The number of esters is 1. The van der Waals surface area contributed by atoms with Crippen molar-refractivity contribution in [3.63, 3.8) is 0 Å². The summed E-state index contributed by atoms with van der Waals surface area (Å²) in [4.78, 5) is 11.6. The van der Waals surface area contributed by atoms with Crippen molar-refractivity contribution in [3.8, 4) is 0 Å². The van der Waals surface area contributed by atoms with Gasteiger partial charge in [0.25, 0.3) is 0 Å². The van der Waals surface area contributed by atoms with Gasteiger partial charge in [-0.2, -0.15) is 4.31 Å². The van der Waals surface area contributed by atoms with E-state index in [9.17, 15) is 13.2 Å². The van der Waals surface area contributed by atoms with E-state index < -0.39 is 16.0 Å². The molecule has 1 unspecified atom stereocenters. The summed E-state index contributed by atoms with van der Waals surface area (Å²) in [5, 5.41) is -0.344. The summed E-state index contributed by atoms with van der Waals surface area (Å²) < 4.78 is 34.5. The molecule has 1 heterocycles. The summed E-state index contributed by atoms with van der Waals surface area (Å²) in [6.45, 7) is 8.43. The van der Waals surface area contributed by atoms with Gasteiger partial charge in [-0.05, 0) is 11.6 Å². The lowest BCUT2D eigenvalue weighted by Crippen LogP contribution is -2.34. The average molecular weight is 347 g/mol. The van der Waals surface area contributed by atoms with Crippen LogP contribution in [0.25, 0.3) is 0 Å². The molecule has 0 spiro atoms. The Bertz CT molecular complexity index is 568. The summed E-state index contributed by atoms with van der Waals surface area (Å²) in [6.07, 6.45) is 4.26. The van der Waals surface area contributed by atoms with E-state index in [-0.39, 0.29) is 17.6 Å². The van der Waals surface area contributed by atoms with Gasteiger partial charge in [0.15, 0.2) is 0 Å². The molecule has 0 aromatic carbocycles. The van der Waals surface area contributed by atoms with E-state index in [0.717, 1.165) is 0 Å². The molecule has 124 valence electrons. The van der Waals surface area contributed by atoms with Crippen molar-refractivity contribution >= 4 is 27.8 Å². The summed E-state index contributed by atoms with van der Waals surface area (Å²) in [5.41, 5.74) is 0.768. The van der Waals surface area contributed by atoms with Crippen LogP contribution < -0.4 is 0 Å². The van der Waals surface area contributed by atoms with E-state index in [2.05, 4.69) is 13.2 Å². The molecule has 1 rings (SSSR count). The molecule has 1 fully saturated rings. The zero-order valence-electron chi connectivity index (χ0n) is 12.8. The van der Waals surface area contributed by atoms with Gasteiger partial charge in [-0.15, -0.1) is 11.8 Å².